The van der Waals surface area contributed by atoms with Gasteiger partial charge < -0.3 is 15.3 Å². The van der Waals surface area contributed by atoms with Crippen LogP contribution in [0.3, 0.4) is 0 Å². The molecule has 4 heterocycles. The van der Waals surface area contributed by atoms with E-state index in [-0.39, 0.29) is 6.03 Å². The number of piperidine rings is 1. The highest BCUT2D eigenvalue weighted by Gasteiger charge is 2.40. The summed E-state index contributed by atoms with van der Waals surface area (Å²) in [5.74, 6) is 0.425. The smallest absolute Gasteiger partial charge is 0.321 e. The number of urea groups is 1. The maximum Gasteiger partial charge on any atom is 0.321 e. The van der Waals surface area contributed by atoms with E-state index in [1.165, 1.54) is 11.3 Å². The summed E-state index contributed by atoms with van der Waals surface area (Å²) >= 11 is 1.36. The Morgan fingerprint density at radius 1 is 1.08 bits per heavy atom. The second kappa shape index (κ2) is 10.9. The fourth-order valence-corrected chi connectivity index (χ4v) is 5.74. The minimum absolute atomic E-state index is 0.314. The minimum atomic E-state index is -0.726. The Bertz CT molecular complexity index is 1510. The van der Waals surface area contributed by atoms with Gasteiger partial charge in [0.2, 0.25) is 5.95 Å². The molecule has 1 aromatic carbocycles. The number of thiazole rings is 1. The maximum atomic E-state index is 12.1. The van der Waals surface area contributed by atoms with E-state index < -0.39 is 11.4 Å². The molecule has 0 radical (unpaired) electrons. The number of aliphatic carboxylic acids is 1. The van der Waals surface area contributed by atoms with E-state index >= 15 is 0 Å². The van der Waals surface area contributed by atoms with Gasteiger partial charge in [-0.05, 0) is 56.9 Å². The molecule has 202 valence electrons. The van der Waals surface area contributed by atoms with Gasteiger partial charge in [-0.3, -0.25) is 10.1 Å². The van der Waals surface area contributed by atoms with E-state index in [4.69, 9.17) is 0 Å². The quantitative estimate of drug-likeness (QED) is 0.299. The van der Waals surface area contributed by atoms with E-state index in [1.54, 1.807) is 18.6 Å². The molecule has 0 bridgehead atoms. The number of aryl methyl sites for hydroxylation is 1. The van der Waals surface area contributed by atoms with Crippen LogP contribution >= 0.6 is 11.3 Å². The first kappa shape index (κ1) is 26.4. The summed E-state index contributed by atoms with van der Waals surface area (Å²) in [5, 5.41) is 15.7. The van der Waals surface area contributed by atoms with Gasteiger partial charge in [0.15, 0.2) is 11.0 Å². The maximum absolute atomic E-state index is 12.1. The Morgan fingerprint density at radius 2 is 1.82 bits per heavy atom. The van der Waals surface area contributed by atoms with Gasteiger partial charge in [0.25, 0.3) is 0 Å². The van der Waals surface area contributed by atoms with Crippen molar-refractivity contribution in [3.63, 3.8) is 0 Å². The van der Waals surface area contributed by atoms with Gasteiger partial charge in [-0.1, -0.05) is 18.3 Å². The topological polar surface area (TPSA) is 146 Å². The fraction of sp³-hybridized carbons (Fsp3) is 0.370. The molecule has 39 heavy (non-hydrogen) atoms. The Labute approximate surface area is 229 Å². The summed E-state index contributed by atoms with van der Waals surface area (Å²) in [6.45, 7) is 7.40. The summed E-state index contributed by atoms with van der Waals surface area (Å²) in [4.78, 5) is 48.9. The molecular formula is C27H30N8O3S. The summed E-state index contributed by atoms with van der Waals surface area (Å²) in [5.41, 5.74) is 3.32. The van der Waals surface area contributed by atoms with Crippen molar-refractivity contribution in [1.29, 1.82) is 0 Å². The molecule has 1 aliphatic rings. The second-order valence-corrected chi connectivity index (χ2v) is 10.6. The number of carbonyl (C=O) groups excluding carboxylic acids is 1. The zero-order chi connectivity index (χ0) is 27.6. The third kappa shape index (κ3) is 5.37. The van der Waals surface area contributed by atoms with Crippen LogP contribution in [0.25, 0.3) is 32.7 Å². The van der Waals surface area contributed by atoms with E-state index in [1.807, 2.05) is 43.9 Å². The van der Waals surface area contributed by atoms with E-state index in [0.717, 1.165) is 27.1 Å². The minimum Gasteiger partial charge on any atom is -0.481 e. The molecule has 1 fully saturated rings. The molecular weight excluding hydrogens is 516 g/mol. The van der Waals surface area contributed by atoms with Gasteiger partial charge in [-0.25, -0.2) is 29.7 Å². The Kier molecular flexibility index (Phi) is 7.38. The first-order valence-corrected chi connectivity index (χ1v) is 13.7. The van der Waals surface area contributed by atoms with Gasteiger partial charge in [0.05, 0.1) is 15.6 Å². The number of carboxylic acids is 1. The lowest BCUT2D eigenvalue weighted by Gasteiger charge is -2.38. The van der Waals surface area contributed by atoms with Crippen LogP contribution in [-0.4, -0.2) is 61.7 Å². The molecule has 5 rings (SSSR count). The van der Waals surface area contributed by atoms with Crippen molar-refractivity contribution in [1.82, 2.24) is 30.2 Å². The molecule has 0 spiro atoms. The lowest BCUT2D eigenvalue weighted by molar-refractivity contribution is -0.150. The molecule has 4 aromatic rings. The molecule has 1 aliphatic heterocycles. The second-order valence-electron chi connectivity index (χ2n) is 9.59. The van der Waals surface area contributed by atoms with Gasteiger partial charge in [0, 0.05) is 55.0 Å². The van der Waals surface area contributed by atoms with Crippen molar-refractivity contribution in [2.75, 3.05) is 29.9 Å². The highest BCUT2D eigenvalue weighted by molar-refractivity contribution is 7.22. The monoisotopic (exact) mass is 546 g/mol. The summed E-state index contributed by atoms with van der Waals surface area (Å²) in [6.07, 6.45) is 7.00. The molecule has 0 aliphatic carbocycles. The number of rotatable bonds is 7. The number of nitrogens with zero attached hydrogens (tertiary/aromatic N) is 6. The lowest BCUT2D eigenvalue weighted by Crippen LogP contribution is -2.44. The van der Waals surface area contributed by atoms with Crippen molar-refractivity contribution in [3.8, 4) is 22.5 Å². The largest absolute Gasteiger partial charge is 0.481 e. The van der Waals surface area contributed by atoms with Crippen LogP contribution in [0.1, 0.15) is 38.8 Å². The Balaban J connectivity index is 1.47. The van der Waals surface area contributed by atoms with Gasteiger partial charge >= 0.3 is 12.0 Å². The van der Waals surface area contributed by atoms with Gasteiger partial charge in [-0.2, -0.15) is 0 Å². The number of carboxylic acid groups (broad SMARTS) is 1. The molecule has 2 amide bonds. The highest BCUT2D eigenvalue weighted by Crippen LogP contribution is 2.38. The van der Waals surface area contributed by atoms with Crippen LogP contribution in [0, 0.1) is 12.3 Å². The average molecular weight is 547 g/mol. The molecule has 0 saturated carbocycles. The van der Waals surface area contributed by atoms with Gasteiger partial charge in [0.1, 0.15) is 0 Å². The van der Waals surface area contributed by atoms with Crippen molar-refractivity contribution in [3.05, 3.63) is 42.5 Å². The van der Waals surface area contributed by atoms with Crippen molar-refractivity contribution < 1.29 is 14.7 Å². The first-order valence-electron chi connectivity index (χ1n) is 12.9. The zero-order valence-corrected chi connectivity index (χ0v) is 22.9. The summed E-state index contributed by atoms with van der Waals surface area (Å²) in [6, 6.07) is 5.46. The molecule has 11 nitrogen and oxygen atoms in total. The summed E-state index contributed by atoms with van der Waals surface area (Å²) in [7, 11) is 0. The first-order chi connectivity index (χ1) is 18.8. The average Bonchev–Trinajstić information content (AvgIpc) is 3.34. The van der Waals surface area contributed by atoms with Crippen LogP contribution in [0.15, 0.2) is 36.8 Å². The fourth-order valence-electron chi connectivity index (χ4n) is 4.79. The highest BCUT2D eigenvalue weighted by atomic mass is 32.1. The number of anilines is 2. The standard InChI is InChI=1S/C27H30N8O3S/c1-4-27(23(36)37)7-10-35(11-8-27)24-30-14-18(15-31-24)17-12-19(22-29-9-6-16(3)32-22)21-20(13-17)33-26(39-21)34-25(38)28-5-2/h6,9,12-15H,4-5,7-8,10-11H2,1-3H3,(H,36,37)(H2,28,33,34,38). The molecule has 0 unspecified atom stereocenters. The van der Waals surface area contributed by atoms with E-state index in [0.29, 0.717) is 61.3 Å². The summed E-state index contributed by atoms with van der Waals surface area (Å²) < 4.78 is 0.861. The van der Waals surface area contributed by atoms with Crippen LogP contribution in [0.2, 0.25) is 0 Å². The van der Waals surface area contributed by atoms with Crippen molar-refractivity contribution >= 4 is 44.6 Å². The number of aromatic nitrogens is 5. The number of amides is 2. The van der Waals surface area contributed by atoms with E-state index in [2.05, 4.69) is 35.6 Å². The van der Waals surface area contributed by atoms with E-state index in [9.17, 15) is 14.7 Å². The Hall–Kier alpha value is -4.19. The van der Waals surface area contributed by atoms with Crippen LogP contribution in [-0.2, 0) is 4.79 Å². The molecule has 3 N–H and O–H groups in total. The number of nitrogens with one attached hydrogen (secondary N) is 2. The van der Waals surface area contributed by atoms with Crippen LogP contribution in [0.4, 0.5) is 15.9 Å². The SMILES string of the molecule is CCNC(=O)Nc1nc2cc(-c3cnc(N4CCC(CC)(C(=O)O)CC4)nc3)cc(-c3nccc(C)n3)c2s1. The van der Waals surface area contributed by atoms with Gasteiger partial charge in [-0.15, -0.1) is 0 Å². The predicted octanol–water partition coefficient (Wildman–Crippen LogP) is 4.74. The number of hydrogen-bond donors (Lipinski definition) is 3. The number of hydrogen-bond acceptors (Lipinski definition) is 9. The van der Waals surface area contributed by atoms with Crippen molar-refractivity contribution in [2.24, 2.45) is 5.41 Å². The Morgan fingerprint density at radius 3 is 2.46 bits per heavy atom. The zero-order valence-electron chi connectivity index (χ0n) is 22.1. The normalized spacial score (nSPS) is 14.8. The lowest BCUT2D eigenvalue weighted by atomic mass is 9.76. The predicted molar refractivity (Wildman–Crippen MR) is 151 cm³/mol. The molecule has 3 aromatic heterocycles. The number of benzene rings is 1. The van der Waals surface area contributed by atoms with Crippen LogP contribution in [0.5, 0.6) is 0 Å². The third-order valence-corrected chi connectivity index (χ3v) is 8.21. The van der Waals surface area contributed by atoms with Crippen molar-refractivity contribution in [2.45, 2.75) is 40.0 Å². The molecule has 1 saturated heterocycles. The number of carbonyl (C=O) groups is 2. The number of fused-ring (bicyclic) bond motifs is 1. The van der Waals surface area contributed by atoms with Crippen LogP contribution < -0.4 is 15.5 Å². The third-order valence-electron chi connectivity index (χ3n) is 7.19. The molecule has 0 atom stereocenters. The molecule has 12 heteroatoms.